The lowest BCUT2D eigenvalue weighted by Gasteiger charge is -2.31. The van der Waals surface area contributed by atoms with Crippen LogP contribution in [0.25, 0.3) is 0 Å². The number of fused-ring (bicyclic) bond motifs is 1. The fourth-order valence-electron chi connectivity index (χ4n) is 3.28. The van der Waals surface area contributed by atoms with E-state index in [2.05, 4.69) is 4.74 Å². The highest BCUT2D eigenvalue weighted by Crippen LogP contribution is 2.58. The first-order valence-electron chi connectivity index (χ1n) is 5.44. The van der Waals surface area contributed by atoms with Crippen LogP contribution in [0.4, 0.5) is 8.78 Å². The summed E-state index contributed by atoms with van der Waals surface area (Å²) in [5.41, 5.74) is 0. The minimum Gasteiger partial charge on any atom is -0.542 e. The maximum Gasteiger partial charge on any atom is 0.398 e. The molecular formula is C10H8F2IO5-. The molecule has 0 aromatic heterocycles. The molecule has 0 aromatic carbocycles. The number of carboxylic acids is 1. The van der Waals surface area contributed by atoms with Crippen LogP contribution in [0.2, 0.25) is 0 Å². The predicted molar refractivity (Wildman–Crippen MR) is 57.6 cm³/mol. The normalized spacial score (nSPS) is 45.4. The van der Waals surface area contributed by atoms with Crippen molar-refractivity contribution in [3.05, 3.63) is 0 Å². The monoisotopic (exact) mass is 373 g/mol. The Morgan fingerprint density at radius 1 is 1.50 bits per heavy atom. The van der Waals surface area contributed by atoms with E-state index in [1.165, 1.54) is 0 Å². The molecule has 1 aliphatic heterocycles. The third-order valence-corrected chi connectivity index (χ3v) is 5.67. The first-order valence-corrected chi connectivity index (χ1v) is 6.69. The summed E-state index contributed by atoms with van der Waals surface area (Å²) in [5.74, 6) is -3.64. The van der Waals surface area contributed by atoms with Crippen molar-refractivity contribution in [3.63, 3.8) is 0 Å². The minimum absolute atomic E-state index is 0.132. The number of carbonyl (C=O) groups excluding carboxylic acids is 2. The number of carbonyl (C=O) groups is 2. The molecule has 0 aromatic rings. The van der Waals surface area contributed by atoms with Gasteiger partial charge in [-0.15, -0.1) is 0 Å². The first-order chi connectivity index (χ1) is 8.33. The second-order valence-corrected chi connectivity index (χ2v) is 6.26. The lowest BCUT2D eigenvalue weighted by atomic mass is 9.88. The van der Waals surface area contributed by atoms with Gasteiger partial charge in [-0.3, -0.25) is 4.79 Å². The van der Waals surface area contributed by atoms with Crippen LogP contribution >= 0.6 is 22.6 Å². The zero-order valence-corrected chi connectivity index (χ0v) is 11.0. The second-order valence-electron chi connectivity index (χ2n) is 4.82. The van der Waals surface area contributed by atoms with Gasteiger partial charge in [0.2, 0.25) is 0 Å². The molecule has 3 aliphatic rings. The van der Waals surface area contributed by atoms with Gasteiger partial charge in [-0.25, -0.2) is 0 Å². The standard InChI is InChI=1S/C10H9F2IO5/c11-10(12,9(15)16)18-7-3-1-2-4(5(3)13)8(14)17-6(2)7/h2-7H,1H2,(H,15,16)/p-1. The van der Waals surface area contributed by atoms with Crippen LogP contribution < -0.4 is 5.11 Å². The van der Waals surface area contributed by atoms with E-state index in [1.807, 2.05) is 22.6 Å². The summed E-state index contributed by atoms with van der Waals surface area (Å²) in [5, 5.41) is 10.3. The molecule has 0 radical (unpaired) electrons. The molecule has 0 N–H and O–H groups in total. The highest BCUT2D eigenvalue weighted by atomic mass is 127. The molecule has 3 fully saturated rings. The van der Waals surface area contributed by atoms with Crippen molar-refractivity contribution in [2.75, 3.05) is 0 Å². The smallest absolute Gasteiger partial charge is 0.398 e. The van der Waals surface area contributed by atoms with Crippen LogP contribution in [0.3, 0.4) is 0 Å². The average molecular weight is 373 g/mol. The molecule has 100 valence electrons. The Bertz CT molecular complexity index is 428. The van der Waals surface area contributed by atoms with Crippen molar-refractivity contribution in [1.82, 2.24) is 0 Å². The van der Waals surface area contributed by atoms with Gasteiger partial charge in [0.05, 0.1) is 5.92 Å². The molecule has 1 saturated heterocycles. The lowest BCUT2D eigenvalue weighted by Crippen LogP contribution is -2.50. The second kappa shape index (κ2) is 3.75. The van der Waals surface area contributed by atoms with Crippen molar-refractivity contribution in [1.29, 1.82) is 0 Å². The molecule has 6 unspecified atom stereocenters. The Balaban J connectivity index is 1.84. The Morgan fingerprint density at radius 3 is 2.78 bits per heavy atom. The van der Waals surface area contributed by atoms with E-state index >= 15 is 0 Å². The van der Waals surface area contributed by atoms with Gasteiger partial charge in [-0.1, -0.05) is 22.6 Å². The molecule has 0 spiro atoms. The third kappa shape index (κ3) is 1.50. The third-order valence-electron chi connectivity index (χ3n) is 3.97. The number of aliphatic carboxylic acids is 1. The Kier molecular flexibility index (Phi) is 2.61. The van der Waals surface area contributed by atoms with E-state index in [-0.39, 0.29) is 21.7 Å². The van der Waals surface area contributed by atoms with Crippen LogP contribution in [-0.4, -0.2) is 34.2 Å². The van der Waals surface area contributed by atoms with Crippen molar-refractivity contribution in [3.8, 4) is 0 Å². The summed E-state index contributed by atoms with van der Waals surface area (Å²) in [6.45, 7) is 0. The van der Waals surface area contributed by atoms with Crippen LogP contribution in [0.15, 0.2) is 0 Å². The van der Waals surface area contributed by atoms with Gasteiger partial charge in [0, 0.05) is 15.8 Å². The van der Waals surface area contributed by atoms with Gasteiger partial charge in [-0.05, 0) is 6.42 Å². The molecule has 8 heteroatoms. The van der Waals surface area contributed by atoms with E-state index < -0.39 is 30.3 Å². The summed E-state index contributed by atoms with van der Waals surface area (Å²) in [7, 11) is 0. The molecule has 2 bridgehead atoms. The van der Waals surface area contributed by atoms with Crippen molar-refractivity contribution in [2.24, 2.45) is 17.8 Å². The van der Waals surface area contributed by atoms with Gasteiger partial charge in [0.1, 0.15) is 18.2 Å². The number of hydrogen-bond acceptors (Lipinski definition) is 5. The highest BCUT2D eigenvalue weighted by molar-refractivity contribution is 14.1. The van der Waals surface area contributed by atoms with Crippen molar-refractivity contribution < 1.29 is 33.0 Å². The fraction of sp³-hybridized carbons (Fsp3) is 0.800. The van der Waals surface area contributed by atoms with E-state index in [4.69, 9.17) is 4.74 Å². The van der Waals surface area contributed by atoms with Gasteiger partial charge in [0.25, 0.3) is 0 Å². The Morgan fingerprint density at radius 2 is 2.17 bits per heavy atom. The molecule has 3 rings (SSSR count). The van der Waals surface area contributed by atoms with Crippen LogP contribution in [0.5, 0.6) is 0 Å². The first kappa shape index (κ1) is 12.5. The summed E-state index contributed by atoms with van der Waals surface area (Å²) in [6.07, 6.45) is -5.60. The topological polar surface area (TPSA) is 75.7 Å². The number of halogens is 3. The number of carboxylic acid groups (broad SMARTS) is 1. The summed E-state index contributed by atoms with van der Waals surface area (Å²) >= 11 is 2.02. The quantitative estimate of drug-likeness (QED) is 0.386. The van der Waals surface area contributed by atoms with Crippen molar-refractivity contribution in [2.45, 2.75) is 28.7 Å². The lowest BCUT2D eigenvalue weighted by molar-refractivity contribution is -0.372. The molecule has 1 heterocycles. The number of ether oxygens (including phenoxy) is 2. The Hall–Kier alpha value is -0.510. The zero-order valence-electron chi connectivity index (χ0n) is 8.85. The van der Waals surface area contributed by atoms with E-state index in [0.29, 0.717) is 6.42 Å². The SMILES string of the molecule is O=C1OC2C3CC(C(I)C13)C2OC(F)(F)C(=O)[O-]. The molecule has 18 heavy (non-hydrogen) atoms. The van der Waals surface area contributed by atoms with Crippen molar-refractivity contribution >= 4 is 34.5 Å². The van der Waals surface area contributed by atoms with Gasteiger partial charge >= 0.3 is 12.1 Å². The number of esters is 1. The molecule has 2 aliphatic carbocycles. The van der Waals surface area contributed by atoms with Crippen LogP contribution in [-0.2, 0) is 19.1 Å². The van der Waals surface area contributed by atoms with Gasteiger partial charge in [-0.2, -0.15) is 8.78 Å². The average Bonchev–Trinajstić information content (AvgIpc) is 2.82. The van der Waals surface area contributed by atoms with Gasteiger partial charge < -0.3 is 19.4 Å². The predicted octanol–water partition coefficient (Wildman–Crippen LogP) is -0.291. The minimum atomic E-state index is -4.35. The van der Waals surface area contributed by atoms with E-state index in [1.54, 1.807) is 0 Å². The zero-order chi connectivity index (χ0) is 13.2. The maximum absolute atomic E-state index is 13.0. The number of hydrogen-bond donors (Lipinski definition) is 0. The van der Waals surface area contributed by atoms with Gasteiger partial charge in [0.15, 0.2) is 0 Å². The summed E-state index contributed by atoms with van der Waals surface area (Å²) in [6, 6.07) is 0. The number of alkyl halides is 3. The highest BCUT2D eigenvalue weighted by Gasteiger charge is 2.67. The van der Waals surface area contributed by atoms with Crippen LogP contribution in [0, 0.1) is 17.8 Å². The molecule has 6 atom stereocenters. The van der Waals surface area contributed by atoms with E-state index in [0.717, 1.165) is 0 Å². The summed E-state index contributed by atoms with van der Waals surface area (Å²) in [4.78, 5) is 21.8. The van der Waals surface area contributed by atoms with E-state index in [9.17, 15) is 23.5 Å². The fourth-order valence-corrected chi connectivity index (χ4v) is 4.81. The Labute approximate surface area is 114 Å². The van der Waals surface area contributed by atoms with Crippen LogP contribution in [0.1, 0.15) is 6.42 Å². The molecular weight excluding hydrogens is 365 g/mol. The maximum atomic E-state index is 13.0. The largest absolute Gasteiger partial charge is 0.542 e. The molecule has 5 nitrogen and oxygen atoms in total. The molecule has 2 saturated carbocycles. The molecule has 0 amide bonds. The summed E-state index contributed by atoms with van der Waals surface area (Å²) < 4.78 is 35.3. The number of rotatable bonds is 3.